The van der Waals surface area contributed by atoms with Gasteiger partial charge in [0, 0.05) is 17.3 Å². The Bertz CT molecular complexity index is 822. The SMILES string of the molecule is CCCNC(=O)c1nc(Cl)c(C)cc1C(=O)Nc1cccc(Cl)c1C. The molecule has 0 spiro atoms. The van der Waals surface area contributed by atoms with Crippen LogP contribution in [0.25, 0.3) is 0 Å². The summed E-state index contributed by atoms with van der Waals surface area (Å²) in [6, 6.07) is 6.78. The lowest BCUT2D eigenvalue weighted by atomic mass is 10.1. The second-order valence-corrected chi connectivity index (χ2v) is 6.38. The van der Waals surface area contributed by atoms with Gasteiger partial charge in [0.15, 0.2) is 0 Å². The van der Waals surface area contributed by atoms with Gasteiger partial charge in [0.25, 0.3) is 11.8 Å². The molecular formula is C18H19Cl2N3O2. The summed E-state index contributed by atoms with van der Waals surface area (Å²) < 4.78 is 0. The average Bonchev–Trinajstić information content (AvgIpc) is 2.58. The van der Waals surface area contributed by atoms with Gasteiger partial charge in [-0.15, -0.1) is 0 Å². The van der Waals surface area contributed by atoms with Crippen molar-refractivity contribution in [3.8, 4) is 0 Å². The summed E-state index contributed by atoms with van der Waals surface area (Å²) in [6.45, 7) is 5.95. The Hall–Kier alpha value is -2.11. The second kappa shape index (κ2) is 8.32. The summed E-state index contributed by atoms with van der Waals surface area (Å²) in [4.78, 5) is 29.2. The van der Waals surface area contributed by atoms with Gasteiger partial charge in [-0.3, -0.25) is 9.59 Å². The van der Waals surface area contributed by atoms with E-state index in [9.17, 15) is 9.59 Å². The van der Waals surface area contributed by atoms with Crippen molar-refractivity contribution in [2.75, 3.05) is 11.9 Å². The average molecular weight is 380 g/mol. The standard InChI is InChI=1S/C18H19Cl2N3O2/c1-4-8-21-18(25)15-12(9-10(2)16(20)23-15)17(24)22-14-7-5-6-13(19)11(14)3/h5-7,9H,4,8H2,1-3H3,(H,21,25)(H,22,24). The third kappa shape index (κ3) is 4.50. The number of benzene rings is 1. The molecule has 0 saturated heterocycles. The molecule has 0 bridgehead atoms. The fourth-order valence-corrected chi connectivity index (χ4v) is 2.51. The van der Waals surface area contributed by atoms with Gasteiger partial charge in [0.05, 0.1) is 5.56 Å². The fourth-order valence-electron chi connectivity index (χ4n) is 2.19. The number of carbonyl (C=O) groups is 2. The summed E-state index contributed by atoms with van der Waals surface area (Å²) in [7, 11) is 0. The Balaban J connectivity index is 2.39. The number of amides is 2. The molecule has 0 aliphatic heterocycles. The zero-order chi connectivity index (χ0) is 18.6. The number of hydrogen-bond acceptors (Lipinski definition) is 3. The number of nitrogens with one attached hydrogen (secondary N) is 2. The summed E-state index contributed by atoms with van der Waals surface area (Å²) in [5, 5.41) is 6.23. The van der Waals surface area contributed by atoms with Crippen LogP contribution in [-0.2, 0) is 0 Å². The molecular weight excluding hydrogens is 361 g/mol. The van der Waals surface area contributed by atoms with Gasteiger partial charge < -0.3 is 10.6 Å². The van der Waals surface area contributed by atoms with Gasteiger partial charge >= 0.3 is 0 Å². The molecule has 0 unspecified atom stereocenters. The molecule has 132 valence electrons. The van der Waals surface area contributed by atoms with Crippen molar-refractivity contribution in [2.24, 2.45) is 0 Å². The highest BCUT2D eigenvalue weighted by Gasteiger charge is 2.21. The van der Waals surface area contributed by atoms with Gasteiger partial charge in [0.2, 0.25) is 0 Å². The number of nitrogens with zero attached hydrogens (tertiary/aromatic N) is 1. The first kappa shape index (κ1) is 19.2. The molecule has 2 N–H and O–H groups in total. The summed E-state index contributed by atoms with van der Waals surface area (Å²) >= 11 is 12.1. The van der Waals surface area contributed by atoms with Gasteiger partial charge in [-0.05, 0) is 49.6 Å². The van der Waals surface area contributed by atoms with Gasteiger partial charge in [-0.25, -0.2) is 4.98 Å². The molecule has 1 aromatic heterocycles. The van der Waals surface area contributed by atoms with E-state index in [1.165, 1.54) is 0 Å². The molecule has 5 nitrogen and oxygen atoms in total. The lowest BCUT2D eigenvalue weighted by Crippen LogP contribution is -2.28. The van der Waals surface area contributed by atoms with Gasteiger partial charge in [-0.2, -0.15) is 0 Å². The Labute approximate surface area is 156 Å². The monoisotopic (exact) mass is 379 g/mol. The van der Waals surface area contributed by atoms with Crippen molar-refractivity contribution in [1.29, 1.82) is 0 Å². The Morgan fingerprint density at radius 3 is 2.56 bits per heavy atom. The predicted molar refractivity (Wildman–Crippen MR) is 101 cm³/mol. The molecule has 2 amide bonds. The van der Waals surface area contributed by atoms with Crippen LogP contribution in [0, 0.1) is 13.8 Å². The number of aryl methyl sites for hydroxylation is 1. The molecule has 0 atom stereocenters. The number of aromatic nitrogens is 1. The third-order valence-electron chi connectivity index (χ3n) is 3.66. The van der Waals surface area contributed by atoms with Crippen LogP contribution in [0.4, 0.5) is 5.69 Å². The number of anilines is 1. The molecule has 0 aliphatic carbocycles. The van der Waals surface area contributed by atoms with E-state index in [2.05, 4.69) is 15.6 Å². The highest BCUT2D eigenvalue weighted by molar-refractivity contribution is 6.32. The Kier molecular flexibility index (Phi) is 6.39. The number of rotatable bonds is 5. The largest absolute Gasteiger partial charge is 0.351 e. The van der Waals surface area contributed by atoms with Crippen LogP contribution in [0.1, 0.15) is 45.3 Å². The van der Waals surface area contributed by atoms with Crippen LogP contribution >= 0.6 is 23.2 Å². The molecule has 0 radical (unpaired) electrons. The van der Waals surface area contributed by atoms with Crippen LogP contribution in [0.5, 0.6) is 0 Å². The second-order valence-electron chi connectivity index (χ2n) is 5.61. The highest BCUT2D eigenvalue weighted by atomic mass is 35.5. The van der Waals surface area contributed by atoms with E-state index in [0.717, 1.165) is 12.0 Å². The lowest BCUT2D eigenvalue weighted by Gasteiger charge is -2.13. The normalized spacial score (nSPS) is 10.4. The smallest absolute Gasteiger partial charge is 0.270 e. The van der Waals surface area contributed by atoms with Crippen LogP contribution in [0.2, 0.25) is 10.2 Å². The topological polar surface area (TPSA) is 71.1 Å². The Morgan fingerprint density at radius 1 is 1.16 bits per heavy atom. The maximum atomic E-state index is 12.7. The number of hydrogen-bond donors (Lipinski definition) is 2. The van der Waals surface area contributed by atoms with E-state index in [1.54, 1.807) is 38.1 Å². The summed E-state index contributed by atoms with van der Waals surface area (Å²) in [5.74, 6) is -0.879. The molecule has 2 aromatic rings. The minimum Gasteiger partial charge on any atom is -0.351 e. The van der Waals surface area contributed by atoms with E-state index in [1.807, 2.05) is 6.92 Å². The minimum absolute atomic E-state index is 0.00114. The summed E-state index contributed by atoms with van der Waals surface area (Å²) in [5.41, 5.74) is 2.09. The lowest BCUT2D eigenvalue weighted by molar-refractivity contribution is 0.0935. The minimum atomic E-state index is -0.445. The fraction of sp³-hybridized carbons (Fsp3) is 0.278. The van der Waals surface area contributed by atoms with Gasteiger partial charge in [-0.1, -0.05) is 36.2 Å². The van der Waals surface area contributed by atoms with E-state index in [0.29, 0.717) is 22.8 Å². The van der Waals surface area contributed by atoms with Crippen LogP contribution in [0.15, 0.2) is 24.3 Å². The van der Waals surface area contributed by atoms with Crippen molar-refractivity contribution in [1.82, 2.24) is 10.3 Å². The zero-order valence-corrected chi connectivity index (χ0v) is 15.8. The van der Waals surface area contributed by atoms with Gasteiger partial charge in [0.1, 0.15) is 10.8 Å². The quantitative estimate of drug-likeness (QED) is 0.756. The molecule has 0 fully saturated rings. The predicted octanol–water partition coefficient (Wildman–Crippen LogP) is 4.40. The molecule has 7 heteroatoms. The molecule has 2 rings (SSSR count). The van der Waals surface area contributed by atoms with Crippen molar-refractivity contribution in [3.05, 3.63) is 56.8 Å². The molecule has 25 heavy (non-hydrogen) atoms. The van der Waals surface area contributed by atoms with Crippen LogP contribution in [-0.4, -0.2) is 23.3 Å². The maximum Gasteiger partial charge on any atom is 0.270 e. The molecule has 0 aliphatic rings. The highest BCUT2D eigenvalue weighted by Crippen LogP contribution is 2.24. The first-order valence-corrected chi connectivity index (χ1v) is 8.62. The number of carbonyl (C=O) groups excluding carboxylic acids is 2. The first-order chi connectivity index (χ1) is 11.8. The first-order valence-electron chi connectivity index (χ1n) is 7.87. The zero-order valence-electron chi connectivity index (χ0n) is 14.2. The summed E-state index contributed by atoms with van der Waals surface area (Å²) in [6.07, 6.45) is 0.772. The van der Waals surface area contributed by atoms with Crippen LogP contribution in [0.3, 0.4) is 0 Å². The number of halogens is 2. The number of pyridine rings is 1. The van der Waals surface area contributed by atoms with E-state index >= 15 is 0 Å². The van der Waals surface area contributed by atoms with E-state index in [4.69, 9.17) is 23.2 Å². The van der Waals surface area contributed by atoms with Crippen molar-refractivity contribution >= 4 is 40.7 Å². The van der Waals surface area contributed by atoms with Crippen molar-refractivity contribution in [2.45, 2.75) is 27.2 Å². The molecule has 1 heterocycles. The van der Waals surface area contributed by atoms with Crippen LogP contribution < -0.4 is 10.6 Å². The third-order valence-corrected chi connectivity index (χ3v) is 4.45. The molecule has 0 saturated carbocycles. The maximum absolute atomic E-state index is 12.7. The Morgan fingerprint density at radius 2 is 1.88 bits per heavy atom. The van der Waals surface area contributed by atoms with Crippen molar-refractivity contribution < 1.29 is 9.59 Å². The molecule has 1 aromatic carbocycles. The van der Waals surface area contributed by atoms with Crippen molar-refractivity contribution in [3.63, 3.8) is 0 Å². The van der Waals surface area contributed by atoms with E-state index in [-0.39, 0.29) is 16.4 Å². The van der Waals surface area contributed by atoms with E-state index < -0.39 is 11.8 Å².